The number of pyridine rings is 2. The lowest BCUT2D eigenvalue weighted by Crippen LogP contribution is -2.22. The summed E-state index contributed by atoms with van der Waals surface area (Å²) in [5.41, 5.74) is 8.06. The molecule has 2 aromatic heterocycles. The van der Waals surface area contributed by atoms with Crippen molar-refractivity contribution in [2.75, 3.05) is 27.3 Å². The van der Waals surface area contributed by atoms with Crippen LogP contribution in [0.2, 0.25) is 10.0 Å². The van der Waals surface area contributed by atoms with E-state index in [2.05, 4.69) is 44.9 Å². The molecule has 2 aliphatic rings. The number of halogens is 2. The summed E-state index contributed by atoms with van der Waals surface area (Å²) in [6, 6.07) is 15.9. The number of nitrogens with one attached hydrogen (secondary N) is 2. The molecule has 0 fully saturated rings. The van der Waals surface area contributed by atoms with E-state index in [0.29, 0.717) is 32.9 Å². The SMILES string of the molecule is COc1nc(O[C@H]2CCc3c(-c4cccc5c4CC[C@@H]5Oc4nc(OC)c(CNCC(=O)O)cc4Cl)cccc32)c(Cl)cc1CNCC(=O)O.S.S. The van der Waals surface area contributed by atoms with Crippen LogP contribution < -0.4 is 29.6 Å². The Bertz CT molecular complexity index is 1800. The fourth-order valence-electron chi connectivity index (χ4n) is 6.62. The average Bonchev–Trinajstić information content (AvgIpc) is 3.70. The topological polar surface area (TPSA) is 161 Å². The second kappa shape index (κ2) is 18.2. The molecular weight excluding hydrogens is 751 g/mol. The lowest BCUT2D eigenvalue weighted by atomic mass is 9.91. The van der Waals surface area contributed by atoms with E-state index < -0.39 is 11.9 Å². The molecule has 6 rings (SSSR count). The van der Waals surface area contributed by atoms with E-state index in [1.807, 2.05) is 12.1 Å². The van der Waals surface area contributed by atoms with E-state index in [4.69, 9.17) is 52.4 Å². The van der Waals surface area contributed by atoms with Crippen LogP contribution in [-0.4, -0.2) is 59.4 Å². The zero-order valence-electron chi connectivity index (χ0n) is 28.4. The van der Waals surface area contributed by atoms with Crippen LogP contribution in [0.25, 0.3) is 11.1 Å². The van der Waals surface area contributed by atoms with Crippen LogP contribution in [0, 0.1) is 0 Å². The molecule has 0 aliphatic heterocycles. The Kier molecular flexibility index (Phi) is 14.3. The highest BCUT2D eigenvalue weighted by Crippen LogP contribution is 2.46. The number of carboxylic acid groups (broad SMARTS) is 2. The van der Waals surface area contributed by atoms with Gasteiger partial charge in [0.2, 0.25) is 23.5 Å². The van der Waals surface area contributed by atoms with Gasteiger partial charge in [0.25, 0.3) is 0 Å². The number of carboxylic acids is 2. The fourth-order valence-corrected chi connectivity index (χ4v) is 7.06. The van der Waals surface area contributed by atoms with E-state index in [0.717, 1.165) is 47.9 Å². The first-order chi connectivity index (χ1) is 24.2. The molecule has 16 heteroatoms. The maximum Gasteiger partial charge on any atom is 0.317 e. The normalized spacial score (nSPS) is 15.5. The Morgan fingerprint density at radius 3 is 1.48 bits per heavy atom. The monoisotopic (exact) mass is 790 g/mol. The van der Waals surface area contributed by atoms with Crippen LogP contribution in [0.15, 0.2) is 48.5 Å². The predicted molar refractivity (Wildman–Crippen MR) is 206 cm³/mol. The second-order valence-electron chi connectivity index (χ2n) is 11.9. The van der Waals surface area contributed by atoms with Gasteiger partial charge < -0.3 is 39.8 Å². The summed E-state index contributed by atoms with van der Waals surface area (Å²) in [5.74, 6) is -0.807. The molecule has 278 valence electrons. The van der Waals surface area contributed by atoms with Crippen molar-refractivity contribution in [3.8, 4) is 34.6 Å². The number of rotatable bonds is 15. The highest BCUT2D eigenvalue weighted by atomic mass is 35.5. The van der Waals surface area contributed by atoms with E-state index >= 15 is 0 Å². The highest BCUT2D eigenvalue weighted by Gasteiger charge is 2.32. The quantitative estimate of drug-likeness (QED) is 0.109. The van der Waals surface area contributed by atoms with Gasteiger partial charge in [0.1, 0.15) is 22.3 Å². The van der Waals surface area contributed by atoms with E-state index in [1.165, 1.54) is 25.3 Å². The van der Waals surface area contributed by atoms with Crippen LogP contribution in [0.3, 0.4) is 0 Å². The lowest BCUT2D eigenvalue weighted by Gasteiger charge is -2.19. The summed E-state index contributed by atoms with van der Waals surface area (Å²) in [7, 11) is 2.99. The number of nitrogens with zero attached hydrogens (tertiary/aromatic N) is 2. The Balaban J connectivity index is 0.00000302. The third-order valence-corrected chi connectivity index (χ3v) is 9.31. The summed E-state index contributed by atoms with van der Waals surface area (Å²) >= 11 is 13.2. The second-order valence-corrected chi connectivity index (χ2v) is 12.7. The number of ether oxygens (including phenoxy) is 4. The van der Waals surface area contributed by atoms with Crippen molar-refractivity contribution >= 4 is 62.1 Å². The summed E-state index contributed by atoms with van der Waals surface area (Å²) in [6.07, 6.45) is 2.55. The van der Waals surface area contributed by atoms with Gasteiger partial charge in [-0.1, -0.05) is 59.6 Å². The Labute approximate surface area is 325 Å². The van der Waals surface area contributed by atoms with Gasteiger partial charge in [0.05, 0.1) is 27.3 Å². The molecule has 0 saturated carbocycles. The zero-order chi connectivity index (χ0) is 35.4. The Morgan fingerprint density at radius 2 is 1.12 bits per heavy atom. The number of hydrogen-bond donors (Lipinski definition) is 4. The van der Waals surface area contributed by atoms with Crippen LogP contribution >= 0.6 is 50.2 Å². The van der Waals surface area contributed by atoms with Crippen molar-refractivity contribution in [2.45, 2.75) is 51.0 Å². The first-order valence-electron chi connectivity index (χ1n) is 16.1. The summed E-state index contributed by atoms with van der Waals surface area (Å²) in [6.45, 7) is 0.0423. The molecule has 2 atom stereocenters. The van der Waals surface area contributed by atoms with Crippen LogP contribution in [0.4, 0.5) is 0 Å². The number of carbonyl (C=O) groups is 2. The molecule has 4 aromatic rings. The van der Waals surface area contributed by atoms with Crippen molar-refractivity contribution in [1.29, 1.82) is 0 Å². The Morgan fingerprint density at radius 1 is 0.712 bits per heavy atom. The van der Waals surface area contributed by atoms with Crippen molar-refractivity contribution in [3.63, 3.8) is 0 Å². The Hall–Kier alpha value is -3.92. The van der Waals surface area contributed by atoms with Crippen molar-refractivity contribution in [2.24, 2.45) is 0 Å². The van der Waals surface area contributed by atoms with Gasteiger partial charge in [0.15, 0.2) is 0 Å². The first kappa shape index (κ1) is 40.8. The number of hydrogen-bond acceptors (Lipinski definition) is 10. The molecule has 0 spiro atoms. The molecule has 0 bridgehead atoms. The maximum absolute atomic E-state index is 10.9. The number of aromatic nitrogens is 2. The zero-order valence-corrected chi connectivity index (χ0v) is 31.9. The minimum Gasteiger partial charge on any atom is -0.481 e. The van der Waals surface area contributed by atoms with Gasteiger partial charge in [-0.15, -0.1) is 0 Å². The third-order valence-electron chi connectivity index (χ3n) is 8.77. The molecule has 52 heavy (non-hydrogen) atoms. The standard InChI is InChI=1S/C36H36Cl2N4O8.2H2S/c1-47-33-19(15-39-17-31(43)44)13-27(37)35(41-33)49-29-11-9-23-21(5-3-7-25(23)29)22-6-4-8-26-24(22)10-12-30(26)50-36-28(38)14-20(34(42-36)48-2)16-40-18-32(45)46;;/h3-8,13-14,29-30,39-40H,9-12,15-18H2,1-2H3,(H,43,44)(H,45,46);2*1H2/t29-,30-;;/m0../s1. The van der Waals surface area contributed by atoms with Gasteiger partial charge in [-0.2, -0.15) is 37.0 Å². The third kappa shape index (κ3) is 8.99. The molecule has 2 aromatic carbocycles. The molecule has 2 heterocycles. The summed E-state index contributed by atoms with van der Waals surface area (Å²) < 4.78 is 23.7. The van der Waals surface area contributed by atoms with Gasteiger partial charge in [-0.25, -0.2) is 0 Å². The molecular formula is C36H40Cl2N4O8S2. The molecule has 0 unspecified atom stereocenters. The highest BCUT2D eigenvalue weighted by molar-refractivity contribution is 7.59. The largest absolute Gasteiger partial charge is 0.481 e. The molecule has 2 aliphatic carbocycles. The van der Waals surface area contributed by atoms with E-state index in [9.17, 15) is 9.59 Å². The van der Waals surface area contributed by atoms with Crippen molar-refractivity contribution < 1.29 is 38.7 Å². The molecule has 12 nitrogen and oxygen atoms in total. The molecule has 0 amide bonds. The smallest absolute Gasteiger partial charge is 0.317 e. The lowest BCUT2D eigenvalue weighted by molar-refractivity contribution is -0.137. The van der Waals surface area contributed by atoms with Crippen LogP contribution in [0.1, 0.15) is 58.4 Å². The average molecular weight is 792 g/mol. The molecule has 0 saturated heterocycles. The van der Waals surface area contributed by atoms with Crippen molar-refractivity contribution in [1.82, 2.24) is 20.6 Å². The number of fused-ring (bicyclic) bond motifs is 2. The van der Waals surface area contributed by atoms with Crippen molar-refractivity contribution in [3.05, 3.63) is 92.0 Å². The number of methoxy groups -OCH3 is 2. The molecule has 4 N–H and O–H groups in total. The fraction of sp³-hybridized carbons (Fsp3) is 0.333. The van der Waals surface area contributed by atoms with Gasteiger partial charge >= 0.3 is 11.9 Å². The number of aliphatic carboxylic acids is 2. The first-order valence-corrected chi connectivity index (χ1v) is 16.8. The van der Waals surface area contributed by atoms with E-state index in [-0.39, 0.29) is 77.1 Å². The van der Waals surface area contributed by atoms with E-state index in [1.54, 1.807) is 12.1 Å². The van der Waals surface area contributed by atoms with Crippen LogP contribution in [-0.2, 0) is 35.5 Å². The maximum atomic E-state index is 10.9. The summed E-state index contributed by atoms with van der Waals surface area (Å²) in [5, 5.41) is 24.1. The van der Waals surface area contributed by atoms with Gasteiger partial charge in [-0.05, 0) is 71.2 Å². The summed E-state index contributed by atoms with van der Waals surface area (Å²) in [4.78, 5) is 30.8. The minimum atomic E-state index is -0.966. The number of benzene rings is 2. The predicted octanol–water partition coefficient (Wildman–Crippen LogP) is 6.17. The van der Waals surface area contributed by atoms with Gasteiger partial charge in [0, 0.05) is 24.2 Å². The minimum absolute atomic E-state index is 0. The molecule has 0 radical (unpaired) electrons. The van der Waals surface area contributed by atoms with Crippen LogP contribution in [0.5, 0.6) is 23.5 Å². The van der Waals surface area contributed by atoms with Gasteiger partial charge in [-0.3, -0.25) is 9.59 Å².